The van der Waals surface area contributed by atoms with Gasteiger partial charge in [0, 0.05) is 6.54 Å². The molecule has 2 aliphatic rings. The molecule has 4 heteroatoms. The molecule has 0 aromatic heterocycles. The smallest absolute Gasteiger partial charge is 0.165 e. The number of hydrogen-bond acceptors (Lipinski definition) is 3. The van der Waals surface area contributed by atoms with Gasteiger partial charge in [-0.3, -0.25) is 4.90 Å². The van der Waals surface area contributed by atoms with Crippen LogP contribution in [0.5, 0.6) is 5.75 Å². The van der Waals surface area contributed by atoms with Crippen LogP contribution in [-0.4, -0.2) is 43.9 Å². The number of piperidine rings is 1. The van der Waals surface area contributed by atoms with Crippen LogP contribution in [-0.2, 0) is 4.74 Å². The summed E-state index contributed by atoms with van der Waals surface area (Å²) in [7, 11) is 0. The molecule has 0 N–H and O–H groups in total. The summed E-state index contributed by atoms with van der Waals surface area (Å²) in [6.07, 6.45) is 2.96. The van der Waals surface area contributed by atoms with E-state index in [1.165, 1.54) is 18.9 Å². The topological polar surface area (TPSA) is 25.0 Å². The van der Waals surface area contributed by atoms with Crippen molar-refractivity contribution in [1.82, 2.24) is 4.90 Å². The van der Waals surface area contributed by atoms with E-state index in [1.54, 1.807) is 18.2 Å². The zero-order valence-corrected chi connectivity index (χ0v) is 11.1. The summed E-state index contributed by atoms with van der Waals surface area (Å²) in [4.78, 5) is 2.39. The molecule has 1 atom stereocenters. The lowest BCUT2D eigenvalue weighted by Gasteiger charge is -2.31. The average Bonchev–Trinajstić information content (AvgIpc) is 3.26. The minimum atomic E-state index is -0.285. The van der Waals surface area contributed by atoms with Gasteiger partial charge < -0.3 is 9.47 Å². The largest absolute Gasteiger partial charge is 0.489 e. The number of para-hydroxylation sites is 1. The molecule has 0 radical (unpaired) electrons. The predicted molar refractivity (Wildman–Crippen MR) is 70.8 cm³/mol. The maximum absolute atomic E-state index is 13.3. The molecular weight excluding hydrogens is 245 g/mol. The lowest BCUT2D eigenvalue weighted by atomic mass is 9.94. The molecule has 0 saturated carbocycles. The Balaban J connectivity index is 1.37. The first-order chi connectivity index (χ1) is 9.33. The van der Waals surface area contributed by atoms with Crippen LogP contribution in [0.4, 0.5) is 4.39 Å². The van der Waals surface area contributed by atoms with E-state index in [4.69, 9.17) is 9.47 Å². The van der Waals surface area contributed by atoms with E-state index < -0.39 is 0 Å². The fraction of sp³-hybridized carbons (Fsp3) is 0.600. The fourth-order valence-corrected chi connectivity index (χ4v) is 2.72. The first kappa shape index (κ1) is 12.9. The number of ether oxygens (including phenoxy) is 2. The maximum Gasteiger partial charge on any atom is 0.165 e. The SMILES string of the molecule is Fc1ccccc1OCCN1CCC(C2CO2)CC1. The van der Waals surface area contributed by atoms with Gasteiger partial charge in [0.05, 0.1) is 12.7 Å². The number of epoxide rings is 1. The highest BCUT2D eigenvalue weighted by atomic mass is 19.1. The van der Waals surface area contributed by atoms with Crippen molar-refractivity contribution in [3.8, 4) is 5.75 Å². The third-order valence-electron chi connectivity index (χ3n) is 4.02. The summed E-state index contributed by atoms with van der Waals surface area (Å²) >= 11 is 0. The second-order valence-corrected chi connectivity index (χ2v) is 5.33. The molecule has 3 rings (SSSR count). The third kappa shape index (κ3) is 3.45. The zero-order valence-electron chi connectivity index (χ0n) is 11.1. The quantitative estimate of drug-likeness (QED) is 0.764. The Bertz CT molecular complexity index is 414. The molecule has 1 aromatic carbocycles. The van der Waals surface area contributed by atoms with Crippen molar-refractivity contribution < 1.29 is 13.9 Å². The lowest BCUT2D eigenvalue weighted by molar-refractivity contribution is 0.139. The Morgan fingerprint density at radius 3 is 2.68 bits per heavy atom. The number of halogens is 1. The molecule has 2 heterocycles. The van der Waals surface area contributed by atoms with Gasteiger partial charge in [0.25, 0.3) is 0 Å². The molecule has 1 aromatic rings. The second-order valence-electron chi connectivity index (χ2n) is 5.33. The van der Waals surface area contributed by atoms with E-state index in [1.807, 2.05) is 0 Å². The van der Waals surface area contributed by atoms with E-state index in [2.05, 4.69) is 4.90 Å². The minimum absolute atomic E-state index is 0.285. The average molecular weight is 265 g/mol. The van der Waals surface area contributed by atoms with Crippen LogP contribution in [0.1, 0.15) is 12.8 Å². The van der Waals surface area contributed by atoms with Crippen molar-refractivity contribution >= 4 is 0 Å². The van der Waals surface area contributed by atoms with Crippen molar-refractivity contribution in [2.75, 3.05) is 32.8 Å². The number of rotatable bonds is 5. The molecule has 1 unspecified atom stereocenters. The Hall–Kier alpha value is -1.13. The first-order valence-corrected chi connectivity index (χ1v) is 7.04. The van der Waals surface area contributed by atoms with Crippen molar-refractivity contribution in [2.45, 2.75) is 18.9 Å². The molecule has 2 saturated heterocycles. The Morgan fingerprint density at radius 1 is 1.26 bits per heavy atom. The van der Waals surface area contributed by atoms with Gasteiger partial charge in [-0.05, 0) is 44.0 Å². The van der Waals surface area contributed by atoms with Crippen molar-refractivity contribution in [1.29, 1.82) is 0 Å². The number of hydrogen-bond donors (Lipinski definition) is 0. The highest BCUT2D eigenvalue weighted by Crippen LogP contribution is 2.29. The van der Waals surface area contributed by atoms with Gasteiger partial charge in [-0.15, -0.1) is 0 Å². The van der Waals surface area contributed by atoms with Gasteiger partial charge >= 0.3 is 0 Å². The minimum Gasteiger partial charge on any atom is -0.489 e. The second kappa shape index (κ2) is 5.88. The zero-order chi connectivity index (χ0) is 13.1. The fourth-order valence-electron chi connectivity index (χ4n) is 2.72. The van der Waals surface area contributed by atoms with Gasteiger partial charge in [-0.1, -0.05) is 12.1 Å². The normalized spacial score (nSPS) is 24.4. The molecule has 104 valence electrons. The van der Waals surface area contributed by atoms with Gasteiger partial charge in [0.1, 0.15) is 6.61 Å². The molecule has 2 aliphatic heterocycles. The molecule has 2 fully saturated rings. The Morgan fingerprint density at radius 2 is 2.00 bits per heavy atom. The first-order valence-electron chi connectivity index (χ1n) is 7.04. The van der Waals surface area contributed by atoms with E-state index >= 15 is 0 Å². The number of benzene rings is 1. The summed E-state index contributed by atoms with van der Waals surface area (Å²) in [6, 6.07) is 6.56. The highest BCUT2D eigenvalue weighted by Gasteiger charge is 2.34. The molecule has 0 bridgehead atoms. The van der Waals surface area contributed by atoms with Crippen LogP contribution >= 0.6 is 0 Å². The van der Waals surface area contributed by atoms with E-state index in [0.29, 0.717) is 18.5 Å². The summed E-state index contributed by atoms with van der Waals surface area (Å²) in [5, 5.41) is 0. The van der Waals surface area contributed by atoms with Crippen molar-refractivity contribution in [3.05, 3.63) is 30.1 Å². The van der Waals surface area contributed by atoms with Crippen LogP contribution in [0.15, 0.2) is 24.3 Å². The van der Waals surface area contributed by atoms with Crippen LogP contribution in [0, 0.1) is 11.7 Å². The third-order valence-corrected chi connectivity index (χ3v) is 4.02. The van der Waals surface area contributed by atoms with E-state index in [9.17, 15) is 4.39 Å². The molecule has 19 heavy (non-hydrogen) atoms. The monoisotopic (exact) mass is 265 g/mol. The van der Waals surface area contributed by atoms with Crippen LogP contribution in [0.3, 0.4) is 0 Å². The summed E-state index contributed by atoms with van der Waals surface area (Å²) in [5.74, 6) is 0.819. The van der Waals surface area contributed by atoms with Crippen LogP contribution < -0.4 is 4.74 Å². The van der Waals surface area contributed by atoms with Gasteiger partial charge in [0.15, 0.2) is 11.6 Å². The standard InChI is InChI=1S/C15H20FNO2/c16-13-3-1-2-4-14(13)18-10-9-17-7-5-12(6-8-17)15-11-19-15/h1-4,12,15H,5-11H2. The van der Waals surface area contributed by atoms with Crippen molar-refractivity contribution in [3.63, 3.8) is 0 Å². The molecule has 3 nitrogen and oxygen atoms in total. The summed E-state index contributed by atoms with van der Waals surface area (Å²) in [6.45, 7) is 4.58. The summed E-state index contributed by atoms with van der Waals surface area (Å²) in [5.41, 5.74) is 0. The van der Waals surface area contributed by atoms with Crippen LogP contribution in [0.25, 0.3) is 0 Å². The van der Waals surface area contributed by atoms with Crippen LogP contribution in [0.2, 0.25) is 0 Å². The molecule has 0 spiro atoms. The summed E-state index contributed by atoms with van der Waals surface area (Å²) < 4.78 is 24.2. The van der Waals surface area contributed by atoms with E-state index in [-0.39, 0.29) is 5.82 Å². The highest BCUT2D eigenvalue weighted by molar-refractivity contribution is 5.23. The Kier molecular flexibility index (Phi) is 3.99. The molecule has 0 aliphatic carbocycles. The van der Waals surface area contributed by atoms with Gasteiger partial charge in [-0.25, -0.2) is 4.39 Å². The molecular formula is C15H20FNO2. The Labute approximate surface area is 113 Å². The molecule has 0 amide bonds. The van der Waals surface area contributed by atoms with Crippen molar-refractivity contribution in [2.24, 2.45) is 5.92 Å². The van der Waals surface area contributed by atoms with E-state index in [0.717, 1.165) is 32.2 Å². The lowest BCUT2D eigenvalue weighted by Crippen LogP contribution is -2.37. The maximum atomic E-state index is 13.3. The van der Waals surface area contributed by atoms with Gasteiger partial charge in [-0.2, -0.15) is 0 Å². The van der Waals surface area contributed by atoms with Gasteiger partial charge in [0.2, 0.25) is 0 Å². The number of likely N-dealkylation sites (tertiary alicyclic amines) is 1. The predicted octanol–water partition coefficient (Wildman–Crippen LogP) is 2.32. The number of nitrogens with zero attached hydrogens (tertiary/aromatic N) is 1.